The van der Waals surface area contributed by atoms with E-state index >= 15 is 0 Å². The van der Waals surface area contributed by atoms with Crippen molar-refractivity contribution in [2.24, 2.45) is 0 Å². The van der Waals surface area contributed by atoms with Crippen LogP contribution in [0.1, 0.15) is 19.3 Å². The molecule has 2 aromatic rings. The quantitative estimate of drug-likeness (QED) is 0.790. The van der Waals surface area contributed by atoms with Gasteiger partial charge in [0.15, 0.2) is 5.65 Å². The summed E-state index contributed by atoms with van der Waals surface area (Å²) in [4.78, 5) is 21.1. The molecule has 2 aromatic heterocycles. The Balaban J connectivity index is 1.57. The molecule has 10 heteroatoms. The number of hydrogen-bond donors (Lipinski definition) is 2. The lowest BCUT2D eigenvalue weighted by Gasteiger charge is -2.22. The van der Waals surface area contributed by atoms with Crippen molar-refractivity contribution in [3.05, 3.63) is 16.6 Å². The number of rotatable bonds is 3. The average Bonchev–Trinajstić information content (AvgIpc) is 3.31. The fourth-order valence-corrected chi connectivity index (χ4v) is 4.79. The molecule has 0 amide bonds. The maximum atomic E-state index is 12.4. The van der Waals surface area contributed by atoms with Crippen LogP contribution >= 0.6 is 0 Å². The van der Waals surface area contributed by atoms with Crippen LogP contribution in [0, 0.1) is 0 Å². The van der Waals surface area contributed by atoms with Crippen molar-refractivity contribution in [3.8, 4) is 0 Å². The molecule has 1 aliphatic heterocycles. The second kappa shape index (κ2) is 5.31. The minimum atomic E-state index is -3.15. The average molecular weight is 338 g/mol. The molecule has 2 fully saturated rings. The summed E-state index contributed by atoms with van der Waals surface area (Å²) in [6.45, 7) is 2.10. The second-order valence-electron chi connectivity index (χ2n) is 6.01. The molecule has 0 atom stereocenters. The lowest BCUT2D eigenvalue weighted by atomic mass is 10.4. The molecular weight excluding hydrogens is 320 g/mol. The number of nitrogens with zero attached hydrogens (tertiary/aromatic N) is 4. The Kier molecular flexibility index (Phi) is 3.38. The summed E-state index contributed by atoms with van der Waals surface area (Å²) in [5.74, 6) is 0.456. The Bertz CT molecular complexity index is 884. The van der Waals surface area contributed by atoms with Gasteiger partial charge in [-0.2, -0.15) is 14.4 Å². The van der Waals surface area contributed by atoms with Gasteiger partial charge in [-0.25, -0.2) is 8.42 Å². The zero-order valence-electron chi connectivity index (χ0n) is 12.5. The van der Waals surface area contributed by atoms with Crippen LogP contribution in [-0.4, -0.2) is 64.3 Å². The van der Waals surface area contributed by atoms with E-state index in [1.54, 1.807) is 4.31 Å². The monoisotopic (exact) mass is 338 g/mol. The Morgan fingerprint density at radius 2 is 2.00 bits per heavy atom. The number of aromatic amines is 2. The van der Waals surface area contributed by atoms with Gasteiger partial charge in [0, 0.05) is 26.2 Å². The summed E-state index contributed by atoms with van der Waals surface area (Å²) < 4.78 is 26.3. The van der Waals surface area contributed by atoms with Gasteiger partial charge < -0.3 is 4.90 Å². The molecule has 0 bridgehead atoms. The van der Waals surface area contributed by atoms with Gasteiger partial charge in [-0.05, 0) is 19.3 Å². The van der Waals surface area contributed by atoms with Crippen LogP contribution in [0.25, 0.3) is 11.0 Å². The standard InChI is InChI=1S/C13H18N6O3S/c20-12-10-8-14-17-11(10)15-13(16-12)18-4-1-5-19(7-6-18)23(21,22)9-2-3-9/h8-9H,1-7H2,(H2,14,15,16,17,20). The van der Waals surface area contributed by atoms with Crippen LogP contribution in [0.15, 0.2) is 11.0 Å². The lowest BCUT2D eigenvalue weighted by Crippen LogP contribution is -2.37. The normalized spacial score (nSPS) is 20.8. The van der Waals surface area contributed by atoms with E-state index in [9.17, 15) is 13.2 Å². The van der Waals surface area contributed by atoms with E-state index in [0.717, 1.165) is 12.8 Å². The Morgan fingerprint density at radius 1 is 1.17 bits per heavy atom. The van der Waals surface area contributed by atoms with Gasteiger partial charge >= 0.3 is 0 Å². The Hall–Kier alpha value is -1.94. The summed E-state index contributed by atoms with van der Waals surface area (Å²) in [7, 11) is -3.15. The molecule has 2 aliphatic rings. The molecule has 124 valence electrons. The van der Waals surface area contributed by atoms with Crippen molar-refractivity contribution in [3.63, 3.8) is 0 Å². The summed E-state index contributed by atoms with van der Waals surface area (Å²) in [6, 6.07) is 0. The number of sulfonamides is 1. The fraction of sp³-hybridized carbons (Fsp3) is 0.615. The minimum absolute atomic E-state index is 0.187. The Morgan fingerprint density at radius 3 is 2.78 bits per heavy atom. The fourth-order valence-electron chi connectivity index (χ4n) is 2.92. The van der Waals surface area contributed by atoms with Crippen LogP contribution in [0.4, 0.5) is 5.95 Å². The number of anilines is 1. The lowest BCUT2D eigenvalue weighted by molar-refractivity contribution is 0.432. The number of fused-ring (bicyclic) bond motifs is 1. The van der Waals surface area contributed by atoms with E-state index in [1.807, 2.05) is 4.90 Å². The summed E-state index contributed by atoms with van der Waals surface area (Å²) in [6.07, 6.45) is 3.69. The summed E-state index contributed by atoms with van der Waals surface area (Å²) in [5, 5.41) is 6.75. The third kappa shape index (κ3) is 2.61. The van der Waals surface area contributed by atoms with Crippen molar-refractivity contribution in [2.45, 2.75) is 24.5 Å². The van der Waals surface area contributed by atoms with Crippen molar-refractivity contribution >= 4 is 27.0 Å². The summed E-state index contributed by atoms with van der Waals surface area (Å²) >= 11 is 0. The molecule has 9 nitrogen and oxygen atoms in total. The highest BCUT2D eigenvalue weighted by Crippen LogP contribution is 2.31. The highest BCUT2D eigenvalue weighted by Gasteiger charge is 2.40. The van der Waals surface area contributed by atoms with E-state index in [2.05, 4.69) is 20.2 Å². The molecule has 0 aromatic carbocycles. The number of H-pyrrole nitrogens is 2. The maximum absolute atomic E-state index is 12.4. The largest absolute Gasteiger partial charge is 0.341 e. The minimum Gasteiger partial charge on any atom is -0.341 e. The van der Waals surface area contributed by atoms with Crippen LogP contribution in [0.2, 0.25) is 0 Å². The first-order valence-electron chi connectivity index (χ1n) is 7.73. The van der Waals surface area contributed by atoms with Gasteiger partial charge in [0.2, 0.25) is 16.0 Å². The highest BCUT2D eigenvalue weighted by atomic mass is 32.2. The second-order valence-corrected chi connectivity index (χ2v) is 8.22. The SMILES string of the molecule is O=c1[nH]c(N2CCCN(S(=O)(=O)C3CC3)CC2)nc2[nH]ncc12. The highest BCUT2D eigenvalue weighted by molar-refractivity contribution is 7.90. The molecule has 1 aliphatic carbocycles. The molecule has 0 radical (unpaired) electrons. The van der Waals surface area contributed by atoms with Crippen LogP contribution in [-0.2, 0) is 10.0 Å². The van der Waals surface area contributed by atoms with Gasteiger partial charge in [-0.15, -0.1) is 0 Å². The third-order valence-corrected chi connectivity index (χ3v) is 6.77. The zero-order valence-corrected chi connectivity index (χ0v) is 13.3. The van der Waals surface area contributed by atoms with Crippen molar-refractivity contribution in [2.75, 3.05) is 31.1 Å². The predicted molar refractivity (Wildman–Crippen MR) is 84.9 cm³/mol. The molecule has 4 rings (SSSR count). The van der Waals surface area contributed by atoms with Gasteiger partial charge in [-0.1, -0.05) is 0 Å². The van der Waals surface area contributed by atoms with Crippen molar-refractivity contribution < 1.29 is 8.42 Å². The van der Waals surface area contributed by atoms with Crippen molar-refractivity contribution in [1.82, 2.24) is 24.5 Å². The van der Waals surface area contributed by atoms with E-state index < -0.39 is 10.0 Å². The van der Waals surface area contributed by atoms with Gasteiger partial charge in [0.1, 0.15) is 5.39 Å². The van der Waals surface area contributed by atoms with Crippen LogP contribution in [0.3, 0.4) is 0 Å². The number of hydrogen-bond acceptors (Lipinski definition) is 6. The molecule has 3 heterocycles. The topological polar surface area (TPSA) is 115 Å². The van der Waals surface area contributed by atoms with Crippen LogP contribution < -0.4 is 10.5 Å². The smallest absolute Gasteiger partial charge is 0.263 e. The predicted octanol–water partition coefficient (Wildman–Crippen LogP) is -0.349. The number of nitrogens with one attached hydrogen (secondary N) is 2. The van der Waals surface area contributed by atoms with E-state index in [-0.39, 0.29) is 10.8 Å². The van der Waals surface area contributed by atoms with E-state index in [1.165, 1.54) is 6.20 Å². The first-order chi connectivity index (χ1) is 11.1. The first kappa shape index (κ1) is 14.6. The Labute approximate surface area is 132 Å². The third-order valence-electron chi connectivity index (χ3n) is 4.37. The van der Waals surface area contributed by atoms with Crippen molar-refractivity contribution in [1.29, 1.82) is 0 Å². The summed E-state index contributed by atoms with van der Waals surface area (Å²) in [5.41, 5.74) is 0.195. The molecule has 1 saturated carbocycles. The van der Waals surface area contributed by atoms with Gasteiger partial charge in [-0.3, -0.25) is 14.9 Å². The molecule has 0 unspecified atom stereocenters. The van der Waals surface area contributed by atoms with Gasteiger partial charge in [0.25, 0.3) is 5.56 Å². The van der Waals surface area contributed by atoms with E-state index in [4.69, 9.17) is 0 Å². The van der Waals surface area contributed by atoms with E-state index in [0.29, 0.717) is 49.6 Å². The molecule has 23 heavy (non-hydrogen) atoms. The number of aromatic nitrogens is 4. The maximum Gasteiger partial charge on any atom is 0.263 e. The molecule has 0 spiro atoms. The molecular formula is C13H18N6O3S. The first-order valence-corrected chi connectivity index (χ1v) is 9.23. The van der Waals surface area contributed by atoms with Crippen LogP contribution in [0.5, 0.6) is 0 Å². The molecule has 2 N–H and O–H groups in total. The molecule has 1 saturated heterocycles. The zero-order chi connectivity index (χ0) is 16.0. The van der Waals surface area contributed by atoms with Gasteiger partial charge in [0.05, 0.1) is 11.4 Å².